The molecule has 0 unspecified atom stereocenters. The van der Waals surface area contributed by atoms with Gasteiger partial charge in [-0.25, -0.2) is 4.98 Å². The van der Waals surface area contributed by atoms with Crippen molar-refractivity contribution in [2.75, 3.05) is 11.9 Å². The smallest absolute Gasteiger partial charge is 0.255 e. The fourth-order valence-electron chi connectivity index (χ4n) is 3.45. The number of nitrogens with one attached hydrogen (secondary N) is 1. The maximum atomic E-state index is 13.0. The van der Waals surface area contributed by atoms with Gasteiger partial charge >= 0.3 is 0 Å². The largest absolute Gasteiger partial charge is 0.367 e. The number of aromatic nitrogens is 3. The summed E-state index contributed by atoms with van der Waals surface area (Å²) in [6.07, 6.45) is 11.3. The summed E-state index contributed by atoms with van der Waals surface area (Å²) in [7, 11) is 0. The highest BCUT2D eigenvalue weighted by Gasteiger charge is 2.28. The molecule has 2 aromatic rings. The fraction of sp³-hybridized carbons (Fsp3) is 0.526. The molecule has 0 bridgehead atoms. The standard InChI is InChI=1S/C19H25N5O/c1-14-10-21-23(12-14)13-17-4-2-3-9-24(17)19(25)15-5-8-18(20-11-15)22-16-6-7-16/h5,8,10-12,16-17H,2-4,6-7,9,13H2,1H3,(H,20,22)/t17-/m1/s1. The van der Waals surface area contributed by atoms with Crippen LogP contribution in [0.1, 0.15) is 48.0 Å². The third kappa shape index (κ3) is 3.83. The first-order chi connectivity index (χ1) is 12.2. The van der Waals surface area contributed by atoms with Crippen LogP contribution in [0.2, 0.25) is 0 Å². The van der Waals surface area contributed by atoms with Crippen molar-refractivity contribution in [2.24, 2.45) is 0 Å². The number of amides is 1. The van der Waals surface area contributed by atoms with Crippen LogP contribution in [-0.2, 0) is 6.54 Å². The SMILES string of the molecule is Cc1cnn(C[C@H]2CCCCN2C(=O)c2ccc(NC3CC3)nc2)c1. The van der Waals surface area contributed by atoms with Crippen molar-refractivity contribution in [1.82, 2.24) is 19.7 Å². The van der Waals surface area contributed by atoms with Crippen LogP contribution in [0.3, 0.4) is 0 Å². The minimum absolute atomic E-state index is 0.0825. The molecule has 0 radical (unpaired) electrons. The number of carbonyl (C=O) groups excluding carboxylic acids is 1. The van der Waals surface area contributed by atoms with E-state index in [1.54, 1.807) is 6.20 Å². The number of aryl methyl sites for hydroxylation is 1. The first-order valence-electron chi connectivity index (χ1n) is 9.21. The second kappa shape index (κ2) is 6.86. The quantitative estimate of drug-likeness (QED) is 0.910. The van der Waals surface area contributed by atoms with Crippen molar-refractivity contribution in [2.45, 2.75) is 57.7 Å². The molecule has 1 saturated carbocycles. The molecule has 1 atom stereocenters. The van der Waals surface area contributed by atoms with Gasteiger partial charge in [-0.2, -0.15) is 5.10 Å². The Morgan fingerprint density at radius 2 is 2.12 bits per heavy atom. The molecule has 1 aliphatic carbocycles. The zero-order chi connectivity index (χ0) is 17.2. The molecule has 1 aliphatic heterocycles. The van der Waals surface area contributed by atoms with E-state index in [0.717, 1.165) is 43.7 Å². The summed E-state index contributed by atoms with van der Waals surface area (Å²) in [5.74, 6) is 0.945. The minimum atomic E-state index is 0.0825. The second-order valence-electron chi connectivity index (χ2n) is 7.24. The molecule has 25 heavy (non-hydrogen) atoms. The van der Waals surface area contributed by atoms with Crippen LogP contribution in [0.25, 0.3) is 0 Å². The first-order valence-corrected chi connectivity index (χ1v) is 9.21. The average molecular weight is 339 g/mol. The Labute approximate surface area is 148 Å². The van der Waals surface area contributed by atoms with E-state index in [4.69, 9.17) is 0 Å². The third-order valence-corrected chi connectivity index (χ3v) is 4.99. The summed E-state index contributed by atoms with van der Waals surface area (Å²) in [4.78, 5) is 19.4. The fourth-order valence-corrected chi connectivity index (χ4v) is 3.45. The molecule has 0 aromatic carbocycles. The normalized spacial score (nSPS) is 20.5. The Morgan fingerprint density at radius 3 is 2.80 bits per heavy atom. The molecule has 3 heterocycles. The third-order valence-electron chi connectivity index (χ3n) is 4.99. The van der Waals surface area contributed by atoms with Gasteiger partial charge in [-0.3, -0.25) is 9.48 Å². The van der Waals surface area contributed by atoms with Crippen molar-refractivity contribution in [1.29, 1.82) is 0 Å². The number of anilines is 1. The van der Waals surface area contributed by atoms with Gasteiger partial charge in [-0.05, 0) is 56.7 Å². The molecule has 1 amide bonds. The number of nitrogens with zero attached hydrogens (tertiary/aromatic N) is 4. The summed E-state index contributed by atoms with van der Waals surface area (Å²) in [5, 5.41) is 7.74. The van der Waals surface area contributed by atoms with E-state index in [1.807, 2.05) is 41.0 Å². The van der Waals surface area contributed by atoms with Gasteiger partial charge in [0, 0.05) is 25.0 Å². The molecular weight excluding hydrogens is 314 g/mol. The lowest BCUT2D eigenvalue weighted by Gasteiger charge is -2.35. The van der Waals surface area contributed by atoms with Gasteiger partial charge in [0.25, 0.3) is 5.91 Å². The molecule has 1 N–H and O–H groups in total. The molecule has 2 fully saturated rings. The second-order valence-corrected chi connectivity index (χ2v) is 7.24. The van der Waals surface area contributed by atoms with E-state index in [2.05, 4.69) is 15.4 Å². The van der Waals surface area contributed by atoms with Gasteiger partial charge in [-0.1, -0.05) is 0 Å². The lowest BCUT2D eigenvalue weighted by molar-refractivity contribution is 0.0583. The Balaban J connectivity index is 1.45. The summed E-state index contributed by atoms with van der Waals surface area (Å²) < 4.78 is 1.95. The lowest BCUT2D eigenvalue weighted by atomic mass is 10.0. The van der Waals surface area contributed by atoms with Crippen LogP contribution in [0.15, 0.2) is 30.7 Å². The average Bonchev–Trinajstić information content (AvgIpc) is 3.35. The maximum absolute atomic E-state index is 13.0. The van der Waals surface area contributed by atoms with E-state index in [-0.39, 0.29) is 11.9 Å². The Morgan fingerprint density at radius 1 is 1.24 bits per heavy atom. The zero-order valence-corrected chi connectivity index (χ0v) is 14.7. The number of carbonyl (C=O) groups is 1. The van der Waals surface area contributed by atoms with Crippen LogP contribution < -0.4 is 5.32 Å². The lowest BCUT2D eigenvalue weighted by Crippen LogP contribution is -2.46. The Bertz CT molecular complexity index is 735. The van der Waals surface area contributed by atoms with Crippen LogP contribution in [-0.4, -0.2) is 44.2 Å². The molecule has 2 aliphatic rings. The molecule has 6 nitrogen and oxygen atoms in total. The highest BCUT2D eigenvalue weighted by molar-refractivity contribution is 5.94. The van der Waals surface area contributed by atoms with E-state index < -0.39 is 0 Å². The Hall–Kier alpha value is -2.37. The van der Waals surface area contributed by atoms with Gasteiger partial charge in [-0.15, -0.1) is 0 Å². The number of piperidine rings is 1. The van der Waals surface area contributed by atoms with Crippen LogP contribution >= 0.6 is 0 Å². The van der Waals surface area contributed by atoms with Gasteiger partial charge in [0.15, 0.2) is 0 Å². The van der Waals surface area contributed by atoms with Crippen molar-refractivity contribution in [3.63, 3.8) is 0 Å². The summed E-state index contributed by atoms with van der Waals surface area (Å²) in [6.45, 7) is 3.61. The molecule has 2 aromatic heterocycles. The van der Waals surface area contributed by atoms with Crippen molar-refractivity contribution >= 4 is 11.7 Å². The monoisotopic (exact) mass is 339 g/mol. The topological polar surface area (TPSA) is 63.1 Å². The predicted molar refractivity (Wildman–Crippen MR) is 96.5 cm³/mol. The van der Waals surface area contributed by atoms with Crippen LogP contribution in [0.4, 0.5) is 5.82 Å². The number of rotatable bonds is 5. The van der Waals surface area contributed by atoms with Crippen molar-refractivity contribution < 1.29 is 4.79 Å². The highest BCUT2D eigenvalue weighted by atomic mass is 16.2. The van der Waals surface area contributed by atoms with Crippen molar-refractivity contribution in [3.05, 3.63) is 41.9 Å². The van der Waals surface area contributed by atoms with E-state index in [1.165, 1.54) is 12.8 Å². The van der Waals surface area contributed by atoms with E-state index >= 15 is 0 Å². The molecular formula is C19H25N5O. The molecule has 1 saturated heterocycles. The molecule has 6 heteroatoms. The van der Waals surface area contributed by atoms with Gasteiger partial charge in [0.1, 0.15) is 5.82 Å². The van der Waals surface area contributed by atoms with Gasteiger partial charge in [0.2, 0.25) is 0 Å². The molecule has 4 rings (SSSR count). The summed E-state index contributed by atoms with van der Waals surface area (Å²) >= 11 is 0. The van der Waals surface area contributed by atoms with E-state index in [0.29, 0.717) is 11.6 Å². The number of hydrogen-bond acceptors (Lipinski definition) is 4. The Kier molecular flexibility index (Phi) is 4.42. The van der Waals surface area contributed by atoms with Gasteiger partial charge < -0.3 is 10.2 Å². The highest BCUT2D eigenvalue weighted by Crippen LogP contribution is 2.24. The number of hydrogen-bond donors (Lipinski definition) is 1. The minimum Gasteiger partial charge on any atom is -0.367 e. The van der Waals surface area contributed by atoms with Crippen LogP contribution in [0.5, 0.6) is 0 Å². The summed E-state index contributed by atoms with van der Waals surface area (Å²) in [5.41, 5.74) is 1.82. The number of likely N-dealkylation sites (tertiary alicyclic amines) is 1. The van der Waals surface area contributed by atoms with Gasteiger partial charge in [0.05, 0.1) is 24.3 Å². The first kappa shape index (κ1) is 16.1. The van der Waals surface area contributed by atoms with Crippen molar-refractivity contribution in [3.8, 4) is 0 Å². The molecule has 0 spiro atoms. The van der Waals surface area contributed by atoms with Crippen LogP contribution in [0, 0.1) is 6.92 Å². The summed E-state index contributed by atoms with van der Waals surface area (Å²) in [6, 6.07) is 4.58. The maximum Gasteiger partial charge on any atom is 0.255 e. The predicted octanol–water partition coefficient (Wildman–Crippen LogP) is 2.86. The van der Waals surface area contributed by atoms with E-state index in [9.17, 15) is 4.79 Å². The number of pyridine rings is 1. The zero-order valence-electron chi connectivity index (χ0n) is 14.7. The molecule has 132 valence electrons.